The topological polar surface area (TPSA) is 102 Å². The second kappa shape index (κ2) is 9.23. The molecule has 1 heterocycles. The lowest BCUT2D eigenvalue weighted by atomic mass is 10.2. The van der Waals surface area contributed by atoms with Crippen LogP contribution in [0.5, 0.6) is 17.2 Å². The van der Waals surface area contributed by atoms with E-state index in [9.17, 15) is 9.59 Å². The smallest absolute Gasteiger partial charge is 0.255 e. The van der Waals surface area contributed by atoms with Crippen LogP contribution in [-0.2, 0) is 11.3 Å². The van der Waals surface area contributed by atoms with Crippen LogP contribution in [0.15, 0.2) is 61.2 Å². The SMILES string of the molecule is COc1ccc(Cl)c(Oc2ccc(CNC(=O)C3(NC(=O)c4cncnc4)CC3)cc2)c1. The van der Waals surface area contributed by atoms with E-state index in [-0.39, 0.29) is 11.8 Å². The minimum absolute atomic E-state index is 0.216. The standard InChI is InChI=1S/C23H21ClN4O4/c1-31-18-6-7-19(24)20(10-18)32-17-4-2-15(3-5-17)11-27-22(30)23(8-9-23)28-21(29)16-12-25-14-26-13-16/h2-7,10,12-14H,8-9,11H2,1H3,(H,27,30)(H,28,29). The number of rotatable bonds is 8. The van der Waals surface area contributed by atoms with E-state index in [0.29, 0.717) is 47.2 Å². The molecule has 9 heteroatoms. The molecule has 0 saturated heterocycles. The van der Waals surface area contributed by atoms with Crippen molar-refractivity contribution < 1.29 is 19.1 Å². The number of carbonyl (C=O) groups excluding carboxylic acids is 2. The molecule has 0 atom stereocenters. The zero-order chi connectivity index (χ0) is 22.6. The van der Waals surface area contributed by atoms with Crippen molar-refractivity contribution in [1.82, 2.24) is 20.6 Å². The van der Waals surface area contributed by atoms with Crippen LogP contribution in [0.2, 0.25) is 5.02 Å². The van der Waals surface area contributed by atoms with Crippen molar-refractivity contribution in [2.75, 3.05) is 7.11 Å². The maximum absolute atomic E-state index is 12.7. The molecule has 4 rings (SSSR count). The first-order valence-electron chi connectivity index (χ1n) is 9.95. The minimum atomic E-state index is -0.876. The highest BCUT2D eigenvalue weighted by Gasteiger charge is 2.51. The number of benzene rings is 2. The monoisotopic (exact) mass is 452 g/mol. The maximum atomic E-state index is 12.7. The Morgan fingerprint density at radius 3 is 2.41 bits per heavy atom. The third-order valence-electron chi connectivity index (χ3n) is 5.10. The number of hydrogen-bond acceptors (Lipinski definition) is 6. The van der Waals surface area contributed by atoms with Gasteiger partial charge in [0, 0.05) is 25.0 Å². The third kappa shape index (κ3) is 4.97. The third-order valence-corrected chi connectivity index (χ3v) is 5.42. The molecule has 1 aliphatic carbocycles. The molecule has 3 aromatic rings. The summed E-state index contributed by atoms with van der Waals surface area (Å²) in [4.78, 5) is 32.6. The van der Waals surface area contributed by atoms with Gasteiger partial charge < -0.3 is 20.1 Å². The molecule has 0 spiro atoms. The number of nitrogens with one attached hydrogen (secondary N) is 2. The lowest BCUT2D eigenvalue weighted by Crippen LogP contribution is -2.48. The number of carbonyl (C=O) groups is 2. The van der Waals surface area contributed by atoms with Crippen LogP contribution in [0, 0.1) is 0 Å². The van der Waals surface area contributed by atoms with Crippen molar-refractivity contribution in [2.45, 2.75) is 24.9 Å². The summed E-state index contributed by atoms with van der Waals surface area (Å²) in [5.41, 5.74) is 0.332. The first kappa shape index (κ1) is 21.6. The van der Waals surface area contributed by atoms with Crippen LogP contribution in [-0.4, -0.2) is 34.4 Å². The lowest BCUT2D eigenvalue weighted by Gasteiger charge is -2.17. The van der Waals surface area contributed by atoms with E-state index in [2.05, 4.69) is 20.6 Å². The second-order valence-electron chi connectivity index (χ2n) is 7.39. The van der Waals surface area contributed by atoms with E-state index >= 15 is 0 Å². The Hall–Kier alpha value is -3.65. The van der Waals surface area contributed by atoms with E-state index in [4.69, 9.17) is 21.1 Å². The maximum Gasteiger partial charge on any atom is 0.255 e. The summed E-state index contributed by atoms with van der Waals surface area (Å²) >= 11 is 6.18. The van der Waals surface area contributed by atoms with Gasteiger partial charge in [-0.3, -0.25) is 9.59 Å². The van der Waals surface area contributed by atoms with E-state index in [1.807, 2.05) is 12.1 Å². The minimum Gasteiger partial charge on any atom is -0.497 e. The molecular weight excluding hydrogens is 432 g/mol. The van der Waals surface area contributed by atoms with Crippen molar-refractivity contribution in [3.63, 3.8) is 0 Å². The van der Waals surface area contributed by atoms with E-state index in [0.717, 1.165) is 5.56 Å². The number of aromatic nitrogens is 2. The number of halogens is 1. The molecule has 164 valence electrons. The lowest BCUT2D eigenvalue weighted by molar-refractivity contribution is -0.124. The van der Waals surface area contributed by atoms with Crippen LogP contribution >= 0.6 is 11.6 Å². The highest BCUT2D eigenvalue weighted by Crippen LogP contribution is 2.36. The fraction of sp³-hybridized carbons (Fsp3) is 0.217. The van der Waals surface area contributed by atoms with Crippen LogP contribution in [0.3, 0.4) is 0 Å². The van der Waals surface area contributed by atoms with Gasteiger partial charge in [0.2, 0.25) is 5.91 Å². The normalized spacial score (nSPS) is 13.7. The van der Waals surface area contributed by atoms with Crippen molar-refractivity contribution in [3.8, 4) is 17.2 Å². The van der Waals surface area contributed by atoms with Crippen LogP contribution in [0.25, 0.3) is 0 Å². The Balaban J connectivity index is 1.32. The molecule has 1 aromatic heterocycles. The first-order chi connectivity index (χ1) is 15.5. The van der Waals surface area contributed by atoms with Crippen molar-refractivity contribution in [2.24, 2.45) is 0 Å². The zero-order valence-corrected chi connectivity index (χ0v) is 18.1. The van der Waals surface area contributed by atoms with Crippen LogP contribution in [0.4, 0.5) is 0 Å². The molecule has 8 nitrogen and oxygen atoms in total. The summed E-state index contributed by atoms with van der Waals surface area (Å²) in [6.45, 7) is 0.325. The molecule has 2 aromatic carbocycles. The number of methoxy groups -OCH3 is 1. The number of ether oxygens (including phenoxy) is 2. The highest BCUT2D eigenvalue weighted by molar-refractivity contribution is 6.32. The summed E-state index contributed by atoms with van der Waals surface area (Å²) in [5.74, 6) is 1.15. The van der Waals surface area contributed by atoms with Crippen molar-refractivity contribution in [1.29, 1.82) is 0 Å². The molecule has 0 radical (unpaired) electrons. The Bertz CT molecular complexity index is 1120. The van der Waals surface area contributed by atoms with Gasteiger partial charge in [0.15, 0.2) is 0 Å². The Morgan fingerprint density at radius 2 is 1.75 bits per heavy atom. The molecule has 2 N–H and O–H groups in total. The van der Waals surface area contributed by atoms with Gasteiger partial charge in [-0.25, -0.2) is 9.97 Å². The van der Waals surface area contributed by atoms with Crippen molar-refractivity contribution in [3.05, 3.63) is 77.3 Å². The predicted molar refractivity (Wildman–Crippen MR) is 118 cm³/mol. The average Bonchev–Trinajstić information content (AvgIpc) is 3.61. The van der Waals surface area contributed by atoms with Gasteiger partial charge in [-0.15, -0.1) is 0 Å². The predicted octanol–water partition coefficient (Wildman–Crippen LogP) is 3.51. The van der Waals surface area contributed by atoms with Gasteiger partial charge in [-0.2, -0.15) is 0 Å². The molecule has 32 heavy (non-hydrogen) atoms. The summed E-state index contributed by atoms with van der Waals surface area (Å²) in [5, 5.41) is 6.16. The van der Waals surface area contributed by atoms with Gasteiger partial charge in [0.1, 0.15) is 29.1 Å². The summed E-state index contributed by atoms with van der Waals surface area (Å²) in [6, 6.07) is 12.5. The number of amides is 2. The number of nitrogens with zero attached hydrogens (tertiary/aromatic N) is 2. The molecule has 0 bridgehead atoms. The van der Waals surface area contributed by atoms with E-state index in [1.54, 1.807) is 37.4 Å². The Kier molecular flexibility index (Phi) is 6.23. The quantitative estimate of drug-likeness (QED) is 0.542. The first-order valence-corrected chi connectivity index (χ1v) is 10.3. The molecule has 0 unspecified atom stereocenters. The van der Waals surface area contributed by atoms with E-state index in [1.165, 1.54) is 18.7 Å². The molecule has 1 aliphatic rings. The fourth-order valence-corrected chi connectivity index (χ4v) is 3.24. The largest absolute Gasteiger partial charge is 0.497 e. The Morgan fingerprint density at radius 1 is 1.06 bits per heavy atom. The molecule has 2 amide bonds. The highest BCUT2D eigenvalue weighted by atomic mass is 35.5. The zero-order valence-electron chi connectivity index (χ0n) is 17.3. The van der Waals surface area contributed by atoms with Gasteiger partial charge >= 0.3 is 0 Å². The average molecular weight is 453 g/mol. The van der Waals surface area contributed by atoms with Gasteiger partial charge in [-0.1, -0.05) is 23.7 Å². The Labute approximate surface area is 189 Å². The molecule has 1 saturated carbocycles. The van der Waals surface area contributed by atoms with Gasteiger partial charge in [0.05, 0.1) is 17.7 Å². The number of hydrogen-bond donors (Lipinski definition) is 2. The molecule has 0 aliphatic heterocycles. The summed E-state index contributed by atoms with van der Waals surface area (Å²) in [7, 11) is 1.57. The summed E-state index contributed by atoms with van der Waals surface area (Å²) < 4.78 is 11.0. The fourth-order valence-electron chi connectivity index (χ4n) is 3.08. The van der Waals surface area contributed by atoms with E-state index < -0.39 is 5.54 Å². The van der Waals surface area contributed by atoms with Crippen molar-refractivity contribution >= 4 is 23.4 Å². The van der Waals surface area contributed by atoms with Crippen LogP contribution in [0.1, 0.15) is 28.8 Å². The van der Waals surface area contributed by atoms with Gasteiger partial charge in [0.25, 0.3) is 5.91 Å². The van der Waals surface area contributed by atoms with Gasteiger partial charge in [-0.05, 0) is 42.7 Å². The molecular formula is C23H21ClN4O4. The second-order valence-corrected chi connectivity index (χ2v) is 7.80. The van der Waals surface area contributed by atoms with Crippen LogP contribution < -0.4 is 20.1 Å². The summed E-state index contributed by atoms with van der Waals surface area (Å²) in [6.07, 6.45) is 5.36. The molecule has 1 fully saturated rings.